The highest BCUT2D eigenvalue weighted by Gasteiger charge is 2.14. The summed E-state index contributed by atoms with van der Waals surface area (Å²) in [5.41, 5.74) is 0.808. The number of benzene rings is 1. The molecule has 1 aromatic carbocycles. The third kappa shape index (κ3) is 2.85. The van der Waals surface area contributed by atoms with Crippen LogP contribution in [0.3, 0.4) is 0 Å². The van der Waals surface area contributed by atoms with Crippen LogP contribution in [0.25, 0.3) is 0 Å². The van der Waals surface area contributed by atoms with Crippen LogP contribution in [-0.2, 0) is 6.54 Å². The number of nitro groups is 1. The molecule has 0 saturated heterocycles. The van der Waals surface area contributed by atoms with Crippen LogP contribution in [0.5, 0.6) is 0 Å². The molecule has 6 heteroatoms. The molecule has 6 nitrogen and oxygen atoms in total. The average Bonchev–Trinajstić information content (AvgIpc) is 2.83. The number of hydrogen-bond donors (Lipinski definition) is 0. The zero-order chi connectivity index (χ0) is 14.7. The number of nitro benzene ring substituents is 1. The van der Waals surface area contributed by atoms with Gasteiger partial charge in [0.15, 0.2) is 6.29 Å². The normalized spacial score (nSPS) is 10.3. The molecule has 1 aromatic heterocycles. The Balaban J connectivity index is 2.27. The number of nitrogens with zero attached hydrogens (tertiary/aromatic N) is 2. The van der Waals surface area contributed by atoms with Crippen molar-refractivity contribution in [2.24, 2.45) is 0 Å². The predicted octanol–water partition coefficient (Wildman–Crippen LogP) is 2.95. The number of non-ortho nitro benzene ring substituents is 1. The van der Waals surface area contributed by atoms with E-state index in [1.807, 2.05) is 24.0 Å². The number of rotatable bonds is 5. The molecule has 0 unspecified atom stereocenters. The van der Waals surface area contributed by atoms with Gasteiger partial charge >= 0.3 is 0 Å². The van der Waals surface area contributed by atoms with Crippen molar-refractivity contribution >= 4 is 17.7 Å². The fourth-order valence-electron chi connectivity index (χ4n) is 1.99. The molecule has 0 spiro atoms. The van der Waals surface area contributed by atoms with E-state index in [1.165, 1.54) is 12.1 Å². The fourth-order valence-corrected chi connectivity index (χ4v) is 1.99. The second-order valence-electron chi connectivity index (χ2n) is 4.49. The van der Waals surface area contributed by atoms with Crippen molar-refractivity contribution in [3.63, 3.8) is 0 Å². The molecule has 20 heavy (non-hydrogen) atoms. The zero-order valence-corrected chi connectivity index (χ0v) is 11.2. The van der Waals surface area contributed by atoms with Crippen LogP contribution in [0.15, 0.2) is 34.7 Å². The third-order valence-corrected chi connectivity index (χ3v) is 2.95. The maximum Gasteiger partial charge on any atom is 0.270 e. The number of aryl methyl sites for hydroxylation is 1. The molecular weight excluding hydrogens is 260 g/mol. The van der Waals surface area contributed by atoms with Crippen LogP contribution in [0.1, 0.15) is 21.9 Å². The molecule has 0 atom stereocenters. The first-order valence-electron chi connectivity index (χ1n) is 6.01. The molecule has 104 valence electrons. The minimum absolute atomic E-state index is 0.0990. The summed E-state index contributed by atoms with van der Waals surface area (Å²) in [5, 5.41) is 10.7. The van der Waals surface area contributed by atoms with Gasteiger partial charge in [0, 0.05) is 30.4 Å². The maximum atomic E-state index is 11.1. The van der Waals surface area contributed by atoms with Gasteiger partial charge in [-0.25, -0.2) is 0 Å². The Bertz CT molecular complexity index is 648. The van der Waals surface area contributed by atoms with Gasteiger partial charge in [-0.15, -0.1) is 0 Å². The summed E-state index contributed by atoms with van der Waals surface area (Å²) in [7, 11) is 1.80. The molecule has 0 radical (unpaired) electrons. The van der Waals surface area contributed by atoms with Crippen LogP contribution in [0.2, 0.25) is 0 Å². The second kappa shape index (κ2) is 5.56. The Morgan fingerprint density at radius 3 is 2.65 bits per heavy atom. The third-order valence-electron chi connectivity index (χ3n) is 2.95. The van der Waals surface area contributed by atoms with E-state index in [0.29, 0.717) is 18.5 Å². The molecule has 0 N–H and O–H groups in total. The Kier molecular flexibility index (Phi) is 3.84. The fraction of sp³-hybridized carbons (Fsp3) is 0.214. The summed E-state index contributed by atoms with van der Waals surface area (Å²) < 4.78 is 5.47. The molecule has 0 amide bonds. The number of carbonyl (C=O) groups excluding carboxylic acids is 1. The van der Waals surface area contributed by atoms with E-state index in [1.54, 1.807) is 13.1 Å². The summed E-state index contributed by atoms with van der Waals surface area (Å²) in [6.45, 7) is 2.33. The maximum absolute atomic E-state index is 11.1. The number of carbonyl (C=O) groups is 1. The highest BCUT2D eigenvalue weighted by Crippen LogP contribution is 2.25. The van der Waals surface area contributed by atoms with E-state index in [9.17, 15) is 14.9 Å². The topological polar surface area (TPSA) is 76.6 Å². The van der Waals surface area contributed by atoms with Gasteiger partial charge in [0.05, 0.1) is 11.5 Å². The Labute approximate surface area is 115 Å². The van der Waals surface area contributed by atoms with Crippen molar-refractivity contribution in [3.05, 3.63) is 57.5 Å². The van der Waals surface area contributed by atoms with Gasteiger partial charge in [0.25, 0.3) is 5.69 Å². The molecule has 2 aromatic rings. The Morgan fingerprint density at radius 2 is 2.10 bits per heavy atom. The first-order chi connectivity index (χ1) is 9.51. The molecule has 0 aliphatic carbocycles. The first-order valence-corrected chi connectivity index (χ1v) is 6.01. The standard InChI is InChI=1S/C14H14N2O4/c1-10-3-5-13(20-10)8-15(2)14-6-4-12(16(18)19)7-11(14)9-17/h3-7,9H,8H2,1-2H3. The molecule has 1 heterocycles. The lowest BCUT2D eigenvalue weighted by Crippen LogP contribution is -2.17. The van der Waals surface area contributed by atoms with E-state index in [4.69, 9.17) is 4.42 Å². The van der Waals surface area contributed by atoms with Crippen LogP contribution >= 0.6 is 0 Å². The number of anilines is 1. The number of furan rings is 1. The van der Waals surface area contributed by atoms with Crippen molar-refractivity contribution in [3.8, 4) is 0 Å². The van der Waals surface area contributed by atoms with E-state index in [0.717, 1.165) is 11.5 Å². The molecule has 2 rings (SSSR count). The summed E-state index contributed by atoms with van der Waals surface area (Å²) in [4.78, 5) is 23.1. The van der Waals surface area contributed by atoms with Gasteiger partial charge in [-0.05, 0) is 25.1 Å². The minimum atomic E-state index is -0.521. The van der Waals surface area contributed by atoms with Crippen LogP contribution in [-0.4, -0.2) is 18.3 Å². The zero-order valence-electron chi connectivity index (χ0n) is 11.2. The van der Waals surface area contributed by atoms with E-state index in [-0.39, 0.29) is 11.3 Å². The Morgan fingerprint density at radius 1 is 1.35 bits per heavy atom. The van der Waals surface area contributed by atoms with Crippen LogP contribution < -0.4 is 4.90 Å². The summed E-state index contributed by atoms with van der Waals surface area (Å²) in [6, 6.07) is 7.94. The van der Waals surface area contributed by atoms with Crippen molar-refractivity contribution in [1.29, 1.82) is 0 Å². The molecule has 0 fully saturated rings. The van der Waals surface area contributed by atoms with E-state index < -0.39 is 4.92 Å². The highest BCUT2D eigenvalue weighted by atomic mass is 16.6. The van der Waals surface area contributed by atoms with E-state index >= 15 is 0 Å². The smallest absolute Gasteiger partial charge is 0.270 e. The highest BCUT2D eigenvalue weighted by molar-refractivity contribution is 5.85. The van der Waals surface area contributed by atoms with Gasteiger partial charge in [0.2, 0.25) is 0 Å². The van der Waals surface area contributed by atoms with Crippen LogP contribution in [0, 0.1) is 17.0 Å². The molecule has 0 aliphatic rings. The van der Waals surface area contributed by atoms with Gasteiger partial charge in [0.1, 0.15) is 11.5 Å². The number of aldehydes is 1. The van der Waals surface area contributed by atoms with E-state index in [2.05, 4.69) is 0 Å². The number of hydrogen-bond acceptors (Lipinski definition) is 5. The van der Waals surface area contributed by atoms with Crippen LogP contribution in [0.4, 0.5) is 11.4 Å². The van der Waals surface area contributed by atoms with Crippen molar-refractivity contribution in [2.75, 3.05) is 11.9 Å². The SMILES string of the molecule is Cc1ccc(CN(C)c2ccc([N+](=O)[O-])cc2C=O)o1. The lowest BCUT2D eigenvalue weighted by atomic mass is 10.1. The summed E-state index contributed by atoms with van der Waals surface area (Å²) in [5.74, 6) is 1.58. The van der Waals surface area contributed by atoms with Gasteiger partial charge in [-0.2, -0.15) is 0 Å². The van der Waals surface area contributed by atoms with Gasteiger partial charge in [-0.1, -0.05) is 0 Å². The quantitative estimate of drug-likeness (QED) is 0.476. The second-order valence-corrected chi connectivity index (χ2v) is 4.49. The van der Waals surface area contributed by atoms with Gasteiger partial charge in [-0.3, -0.25) is 14.9 Å². The lowest BCUT2D eigenvalue weighted by Gasteiger charge is -2.19. The molecular formula is C14H14N2O4. The summed E-state index contributed by atoms with van der Waals surface area (Å²) in [6.07, 6.45) is 0.617. The van der Waals surface area contributed by atoms with Crippen molar-refractivity contribution < 1.29 is 14.1 Å². The minimum Gasteiger partial charge on any atom is -0.464 e. The first kappa shape index (κ1) is 13.8. The van der Waals surface area contributed by atoms with Gasteiger partial charge < -0.3 is 9.32 Å². The molecule has 0 bridgehead atoms. The predicted molar refractivity (Wildman–Crippen MR) is 74.0 cm³/mol. The molecule has 0 saturated carbocycles. The van der Waals surface area contributed by atoms with Crippen molar-refractivity contribution in [2.45, 2.75) is 13.5 Å². The Hall–Kier alpha value is -2.63. The lowest BCUT2D eigenvalue weighted by molar-refractivity contribution is -0.384. The van der Waals surface area contributed by atoms with Crippen molar-refractivity contribution in [1.82, 2.24) is 0 Å². The monoisotopic (exact) mass is 274 g/mol. The molecule has 0 aliphatic heterocycles. The largest absolute Gasteiger partial charge is 0.464 e. The summed E-state index contributed by atoms with van der Waals surface area (Å²) >= 11 is 0. The average molecular weight is 274 g/mol.